The van der Waals surface area contributed by atoms with Gasteiger partial charge in [0, 0.05) is 17.6 Å². The second kappa shape index (κ2) is 7.80. The third kappa shape index (κ3) is 3.88. The topological polar surface area (TPSA) is 73.1 Å². The van der Waals surface area contributed by atoms with E-state index in [4.69, 9.17) is 22.1 Å². The molecule has 0 radical (unpaired) electrons. The Morgan fingerprint density at radius 3 is 2.50 bits per heavy atom. The SMILES string of the molecule is NCc1ccc(Oc2ccc3ncnc(Nc4ccc(F)c(Cl)c4)c3c2)cc1. The Balaban J connectivity index is 1.65. The average molecular weight is 395 g/mol. The predicted octanol–water partition coefficient (Wildman–Crippen LogP) is 5.42. The number of hydrogen-bond donors (Lipinski definition) is 2. The minimum Gasteiger partial charge on any atom is -0.457 e. The lowest BCUT2D eigenvalue weighted by Gasteiger charge is -2.11. The summed E-state index contributed by atoms with van der Waals surface area (Å²) in [7, 11) is 0. The van der Waals surface area contributed by atoms with Gasteiger partial charge in [0.25, 0.3) is 0 Å². The maximum atomic E-state index is 13.4. The van der Waals surface area contributed by atoms with Gasteiger partial charge in [-0.2, -0.15) is 0 Å². The van der Waals surface area contributed by atoms with Crippen molar-refractivity contribution in [2.24, 2.45) is 5.73 Å². The van der Waals surface area contributed by atoms with Crippen LogP contribution in [0.5, 0.6) is 11.5 Å². The van der Waals surface area contributed by atoms with Crippen molar-refractivity contribution in [2.45, 2.75) is 6.54 Å². The zero-order chi connectivity index (χ0) is 19.5. The molecule has 0 fully saturated rings. The Bertz CT molecular complexity index is 1140. The standard InChI is InChI=1S/C21H16ClFN4O/c22-18-9-14(3-7-19(18)23)27-21-17-10-16(6-8-20(17)25-12-26-21)28-15-4-1-13(11-24)2-5-15/h1-10,12H,11,24H2,(H,25,26,27). The second-order valence-corrected chi connectivity index (χ2v) is 6.51. The van der Waals surface area contributed by atoms with Gasteiger partial charge < -0.3 is 15.8 Å². The smallest absolute Gasteiger partial charge is 0.141 e. The molecule has 4 aromatic rings. The Morgan fingerprint density at radius 2 is 1.75 bits per heavy atom. The lowest BCUT2D eigenvalue weighted by Crippen LogP contribution is -1.97. The Labute approximate surface area is 166 Å². The molecule has 3 aromatic carbocycles. The van der Waals surface area contributed by atoms with Crippen LogP contribution in [0.15, 0.2) is 67.0 Å². The number of fused-ring (bicyclic) bond motifs is 1. The highest BCUT2D eigenvalue weighted by molar-refractivity contribution is 6.31. The van der Waals surface area contributed by atoms with Gasteiger partial charge in [-0.3, -0.25) is 0 Å². The second-order valence-electron chi connectivity index (χ2n) is 6.11. The summed E-state index contributed by atoms with van der Waals surface area (Å²) in [4.78, 5) is 8.58. The lowest BCUT2D eigenvalue weighted by molar-refractivity contribution is 0.483. The summed E-state index contributed by atoms with van der Waals surface area (Å²) < 4.78 is 19.3. The molecule has 4 rings (SSSR count). The number of nitrogens with two attached hydrogens (primary N) is 1. The van der Waals surface area contributed by atoms with Crippen molar-refractivity contribution in [2.75, 3.05) is 5.32 Å². The summed E-state index contributed by atoms with van der Waals surface area (Å²) in [6.45, 7) is 0.482. The zero-order valence-corrected chi connectivity index (χ0v) is 15.4. The summed E-state index contributed by atoms with van der Waals surface area (Å²) in [5.41, 5.74) is 8.02. The number of nitrogens with zero attached hydrogens (tertiary/aromatic N) is 2. The van der Waals surface area contributed by atoms with Crippen molar-refractivity contribution in [3.05, 3.63) is 83.4 Å². The average Bonchev–Trinajstić information content (AvgIpc) is 2.72. The van der Waals surface area contributed by atoms with E-state index in [1.807, 2.05) is 42.5 Å². The van der Waals surface area contributed by atoms with Crippen molar-refractivity contribution in [1.29, 1.82) is 0 Å². The van der Waals surface area contributed by atoms with Crippen molar-refractivity contribution in [3.8, 4) is 11.5 Å². The highest BCUT2D eigenvalue weighted by Crippen LogP contribution is 2.30. The molecule has 1 aromatic heterocycles. The molecular formula is C21H16ClFN4O. The molecule has 0 amide bonds. The molecule has 7 heteroatoms. The number of halogens is 2. The van der Waals surface area contributed by atoms with Gasteiger partial charge >= 0.3 is 0 Å². The Morgan fingerprint density at radius 1 is 0.964 bits per heavy atom. The van der Waals surface area contributed by atoms with Crippen molar-refractivity contribution in [1.82, 2.24) is 9.97 Å². The van der Waals surface area contributed by atoms with Crippen LogP contribution >= 0.6 is 11.6 Å². The monoisotopic (exact) mass is 394 g/mol. The third-order valence-electron chi connectivity index (χ3n) is 4.18. The summed E-state index contributed by atoms with van der Waals surface area (Å²) in [5.74, 6) is 1.43. The van der Waals surface area contributed by atoms with Crippen molar-refractivity contribution in [3.63, 3.8) is 0 Å². The van der Waals surface area contributed by atoms with Crippen LogP contribution in [0.3, 0.4) is 0 Å². The number of nitrogens with one attached hydrogen (secondary N) is 1. The van der Waals surface area contributed by atoms with E-state index < -0.39 is 5.82 Å². The van der Waals surface area contributed by atoms with E-state index in [2.05, 4.69) is 15.3 Å². The molecule has 140 valence electrons. The van der Waals surface area contributed by atoms with Crippen molar-refractivity contribution >= 4 is 34.0 Å². The number of anilines is 2. The van der Waals surface area contributed by atoms with Crippen LogP contribution in [0, 0.1) is 5.82 Å². The molecular weight excluding hydrogens is 379 g/mol. The maximum absolute atomic E-state index is 13.4. The summed E-state index contributed by atoms with van der Waals surface area (Å²) in [6.07, 6.45) is 1.46. The summed E-state index contributed by atoms with van der Waals surface area (Å²) >= 11 is 5.86. The number of aromatic nitrogens is 2. The van der Waals surface area contributed by atoms with E-state index in [0.29, 0.717) is 29.5 Å². The first-order chi connectivity index (χ1) is 13.6. The molecule has 0 saturated heterocycles. The first-order valence-electron chi connectivity index (χ1n) is 8.56. The quantitative estimate of drug-likeness (QED) is 0.473. The molecule has 5 nitrogen and oxygen atoms in total. The van der Waals surface area contributed by atoms with Crippen LogP contribution in [0.2, 0.25) is 5.02 Å². The van der Waals surface area contributed by atoms with Crippen LogP contribution in [0.4, 0.5) is 15.9 Å². The van der Waals surface area contributed by atoms with E-state index >= 15 is 0 Å². The third-order valence-corrected chi connectivity index (χ3v) is 4.47. The number of hydrogen-bond acceptors (Lipinski definition) is 5. The summed E-state index contributed by atoms with van der Waals surface area (Å²) in [5, 5.41) is 3.95. The van der Waals surface area contributed by atoms with Gasteiger partial charge in [0.15, 0.2) is 0 Å². The molecule has 0 saturated carbocycles. The fourth-order valence-electron chi connectivity index (χ4n) is 2.74. The molecule has 3 N–H and O–H groups in total. The first-order valence-corrected chi connectivity index (χ1v) is 8.94. The fraction of sp³-hybridized carbons (Fsp3) is 0.0476. The van der Waals surface area contributed by atoms with E-state index in [1.54, 1.807) is 6.07 Å². The van der Waals surface area contributed by atoms with Crippen molar-refractivity contribution < 1.29 is 9.13 Å². The van der Waals surface area contributed by atoms with E-state index in [9.17, 15) is 4.39 Å². The fourth-order valence-corrected chi connectivity index (χ4v) is 2.92. The Hall–Kier alpha value is -3.22. The molecule has 1 heterocycles. The van der Waals surface area contributed by atoms with Crippen LogP contribution in [-0.2, 0) is 6.54 Å². The van der Waals surface area contributed by atoms with Crippen LogP contribution < -0.4 is 15.8 Å². The zero-order valence-electron chi connectivity index (χ0n) is 14.7. The number of ether oxygens (including phenoxy) is 1. The number of benzene rings is 3. The van der Waals surface area contributed by atoms with Gasteiger partial charge in [0.1, 0.15) is 29.5 Å². The van der Waals surface area contributed by atoms with E-state index in [0.717, 1.165) is 16.5 Å². The normalized spacial score (nSPS) is 10.8. The van der Waals surface area contributed by atoms with Crippen LogP contribution in [-0.4, -0.2) is 9.97 Å². The highest BCUT2D eigenvalue weighted by atomic mass is 35.5. The van der Waals surface area contributed by atoms with E-state index in [1.165, 1.54) is 18.5 Å². The molecule has 0 bridgehead atoms. The molecule has 0 aliphatic rings. The maximum Gasteiger partial charge on any atom is 0.141 e. The van der Waals surface area contributed by atoms with Gasteiger partial charge in [0.2, 0.25) is 0 Å². The van der Waals surface area contributed by atoms with Crippen LogP contribution in [0.25, 0.3) is 10.9 Å². The largest absolute Gasteiger partial charge is 0.457 e. The predicted molar refractivity (Wildman–Crippen MR) is 109 cm³/mol. The minimum absolute atomic E-state index is 0.0355. The summed E-state index contributed by atoms with van der Waals surface area (Å²) in [6, 6.07) is 17.5. The minimum atomic E-state index is -0.476. The number of rotatable bonds is 5. The van der Waals surface area contributed by atoms with E-state index in [-0.39, 0.29) is 5.02 Å². The highest BCUT2D eigenvalue weighted by Gasteiger charge is 2.08. The molecule has 0 aliphatic heterocycles. The van der Waals surface area contributed by atoms with Gasteiger partial charge in [-0.25, -0.2) is 14.4 Å². The van der Waals surface area contributed by atoms with Gasteiger partial charge in [-0.1, -0.05) is 23.7 Å². The molecule has 0 unspecified atom stereocenters. The Kier molecular flexibility index (Phi) is 5.06. The molecule has 0 aliphatic carbocycles. The van der Waals surface area contributed by atoms with Crippen LogP contribution in [0.1, 0.15) is 5.56 Å². The molecule has 0 spiro atoms. The van der Waals surface area contributed by atoms with Gasteiger partial charge in [0.05, 0.1) is 10.5 Å². The lowest BCUT2D eigenvalue weighted by atomic mass is 10.2. The van der Waals surface area contributed by atoms with Gasteiger partial charge in [-0.05, 0) is 54.1 Å². The molecule has 28 heavy (non-hydrogen) atoms. The molecule has 0 atom stereocenters. The van der Waals surface area contributed by atoms with Gasteiger partial charge in [-0.15, -0.1) is 0 Å². The first kappa shape index (κ1) is 18.2.